The van der Waals surface area contributed by atoms with Crippen molar-refractivity contribution in [2.45, 2.75) is 65.0 Å². The number of aromatic nitrogens is 2. The molecule has 0 spiro atoms. The van der Waals surface area contributed by atoms with Gasteiger partial charge in [-0.25, -0.2) is 9.78 Å². The summed E-state index contributed by atoms with van der Waals surface area (Å²) in [5, 5.41) is 0. The van der Waals surface area contributed by atoms with Crippen LogP contribution >= 0.6 is 0 Å². The molecule has 5 heteroatoms. The van der Waals surface area contributed by atoms with Gasteiger partial charge < -0.3 is 14.0 Å². The summed E-state index contributed by atoms with van der Waals surface area (Å²) in [4.78, 5) is 19.2. The van der Waals surface area contributed by atoms with Gasteiger partial charge in [0.15, 0.2) is 0 Å². The summed E-state index contributed by atoms with van der Waals surface area (Å²) in [7, 11) is 0. The van der Waals surface area contributed by atoms with Gasteiger partial charge >= 0.3 is 6.09 Å². The molecule has 5 nitrogen and oxygen atoms in total. The van der Waals surface area contributed by atoms with Crippen LogP contribution < -0.4 is 0 Å². The van der Waals surface area contributed by atoms with Crippen molar-refractivity contribution in [3.05, 3.63) is 35.8 Å². The van der Waals surface area contributed by atoms with Gasteiger partial charge in [-0.3, -0.25) is 0 Å². The Morgan fingerprint density at radius 1 is 1.38 bits per heavy atom. The van der Waals surface area contributed by atoms with Gasteiger partial charge in [0.2, 0.25) is 0 Å². The third-order valence-corrected chi connectivity index (χ3v) is 4.43. The molecule has 0 radical (unpaired) electrons. The number of rotatable bonds is 2. The molecule has 2 aromatic heterocycles. The van der Waals surface area contributed by atoms with E-state index in [1.54, 1.807) is 0 Å². The van der Waals surface area contributed by atoms with E-state index in [-0.39, 0.29) is 12.1 Å². The maximum atomic E-state index is 12.5. The predicted molar refractivity (Wildman–Crippen MR) is 94.2 cm³/mol. The number of fused-ring (bicyclic) bond motifs is 1. The number of hydrogen-bond donors (Lipinski definition) is 0. The van der Waals surface area contributed by atoms with Crippen LogP contribution in [0.3, 0.4) is 0 Å². The minimum Gasteiger partial charge on any atom is -0.444 e. The number of nitrogens with zero attached hydrogens (tertiary/aromatic N) is 3. The SMILES string of the molecule is Cc1cccn2cc(C[C@@H]3CCCCN3C(=O)OC(C)(C)C)nc12. The van der Waals surface area contributed by atoms with Gasteiger partial charge in [-0.05, 0) is 58.6 Å². The topological polar surface area (TPSA) is 46.8 Å². The molecular formula is C19H27N3O2. The summed E-state index contributed by atoms with van der Waals surface area (Å²) < 4.78 is 7.65. The highest BCUT2D eigenvalue weighted by molar-refractivity contribution is 5.68. The van der Waals surface area contributed by atoms with E-state index >= 15 is 0 Å². The van der Waals surface area contributed by atoms with E-state index in [1.165, 1.54) is 0 Å². The lowest BCUT2D eigenvalue weighted by Crippen LogP contribution is -2.47. The van der Waals surface area contributed by atoms with Crippen LogP contribution in [0.4, 0.5) is 4.79 Å². The smallest absolute Gasteiger partial charge is 0.410 e. The van der Waals surface area contributed by atoms with Gasteiger partial charge in [0, 0.05) is 31.4 Å². The molecule has 1 aliphatic rings. The first kappa shape index (κ1) is 16.8. The fraction of sp³-hybridized carbons (Fsp3) is 0.579. The highest BCUT2D eigenvalue weighted by Gasteiger charge is 2.31. The standard InChI is InChI=1S/C19H27N3O2/c1-14-8-7-10-21-13-15(20-17(14)21)12-16-9-5-6-11-22(16)18(23)24-19(2,3)4/h7-8,10,13,16H,5-6,9,11-12H2,1-4H3/t16-/m0/s1. The van der Waals surface area contributed by atoms with Crippen LogP contribution in [0.2, 0.25) is 0 Å². The number of carbonyl (C=O) groups excluding carboxylic acids is 1. The maximum absolute atomic E-state index is 12.5. The van der Waals surface area contributed by atoms with Crippen molar-refractivity contribution in [3.8, 4) is 0 Å². The van der Waals surface area contributed by atoms with Crippen molar-refractivity contribution >= 4 is 11.7 Å². The second-order valence-corrected chi connectivity index (χ2v) is 7.68. The van der Waals surface area contributed by atoms with Crippen LogP contribution in [0, 0.1) is 6.92 Å². The molecule has 3 heterocycles. The number of carbonyl (C=O) groups is 1. The zero-order valence-electron chi connectivity index (χ0n) is 15.1. The van der Waals surface area contributed by atoms with Crippen molar-refractivity contribution in [1.82, 2.24) is 14.3 Å². The van der Waals surface area contributed by atoms with Gasteiger partial charge in [0.05, 0.1) is 5.69 Å². The number of amides is 1. The lowest BCUT2D eigenvalue weighted by atomic mass is 9.98. The lowest BCUT2D eigenvalue weighted by Gasteiger charge is -2.36. The van der Waals surface area contributed by atoms with Crippen molar-refractivity contribution in [2.75, 3.05) is 6.54 Å². The molecule has 3 rings (SSSR count). The fourth-order valence-corrected chi connectivity index (χ4v) is 3.32. The first-order valence-corrected chi connectivity index (χ1v) is 8.76. The molecule has 1 aliphatic heterocycles. The zero-order chi connectivity index (χ0) is 17.3. The molecule has 1 amide bonds. The lowest BCUT2D eigenvalue weighted by molar-refractivity contribution is 0.00986. The molecule has 1 atom stereocenters. The van der Waals surface area contributed by atoms with E-state index in [1.807, 2.05) is 37.9 Å². The Balaban J connectivity index is 1.77. The van der Waals surface area contributed by atoms with Gasteiger partial charge in [-0.2, -0.15) is 0 Å². The number of likely N-dealkylation sites (tertiary alicyclic amines) is 1. The minimum atomic E-state index is -0.459. The molecule has 0 bridgehead atoms. The molecule has 0 saturated carbocycles. The number of hydrogen-bond acceptors (Lipinski definition) is 3. The Morgan fingerprint density at radius 2 is 2.17 bits per heavy atom. The van der Waals surface area contributed by atoms with Crippen molar-refractivity contribution in [1.29, 1.82) is 0 Å². The number of pyridine rings is 1. The summed E-state index contributed by atoms with van der Waals surface area (Å²) in [6.07, 6.45) is 7.87. The first-order chi connectivity index (χ1) is 11.3. The number of imidazole rings is 1. The average Bonchev–Trinajstić information content (AvgIpc) is 2.90. The van der Waals surface area contributed by atoms with E-state index in [0.717, 1.165) is 49.1 Å². The molecule has 0 unspecified atom stereocenters. The van der Waals surface area contributed by atoms with E-state index < -0.39 is 5.60 Å². The van der Waals surface area contributed by atoms with Crippen molar-refractivity contribution < 1.29 is 9.53 Å². The van der Waals surface area contributed by atoms with Crippen LogP contribution in [-0.2, 0) is 11.2 Å². The highest BCUT2D eigenvalue weighted by Crippen LogP contribution is 2.23. The third kappa shape index (κ3) is 3.71. The van der Waals surface area contributed by atoms with Crippen LogP contribution in [0.25, 0.3) is 5.65 Å². The van der Waals surface area contributed by atoms with Gasteiger partial charge in [-0.15, -0.1) is 0 Å². The predicted octanol–water partition coefficient (Wildman–Crippen LogP) is 3.97. The Bertz CT molecular complexity index is 730. The summed E-state index contributed by atoms with van der Waals surface area (Å²) in [6.45, 7) is 8.57. The third-order valence-electron chi connectivity index (χ3n) is 4.43. The quantitative estimate of drug-likeness (QED) is 0.837. The molecule has 1 fully saturated rings. The van der Waals surface area contributed by atoms with Crippen LogP contribution in [0.5, 0.6) is 0 Å². The minimum absolute atomic E-state index is 0.166. The average molecular weight is 329 g/mol. The number of piperidine rings is 1. The normalized spacial score (nSPS) is 18.8. The Kier molecular flexibility index (Phi) is 4.52. The Morgan fingerprint density at radius 3 is 2.88 bits per heavy atom. The number of aryl methyl sites for hydroxylation is 1. The summed E-state index contributed by atoms with van der Waals surface area (Å²) >= 11 is 0. The summed E-state index contributed by atoms with van der Waals surface area (Å²) in [6, 6.07) is 4.26. The summed E-state index contributed by atoms with van der Waals surface area (Å²) in [5.41, 5.74) is 2.73. The number of ether oxygens (including phenoxy) is 1. The van der Waals surface area contributed by atoms with Gasteiger partial charge in [0.1, 0.15) is 11.2 Å². The Labute approximate surface area is 143 Å². The monoisotopic (exact) mass is 329 g/mol. The highest BCUT2D eigenvalue weighted by atomic mass is 16.6. The van der Waals surface area contributed by atoms with E-state index in [9.17, 15) is 4.79 Å². The molecule has 1 saturated heterocycles. The van der Waals surface area contributed by atoms with Gasteiger partial charge in [0.25, 0.3) is 0 Å². The van der Waals surface area contributed by atoms with E-state index in [0.29, 0.717) is 0 Å². The molecule has 0 aliphatic carbocycles. The van der Waals surface area contributed by atoms with Crippen molar-refractivity contribution in [3.63, 3.8) is 0 Å². The fourth-order valence-electron chi connectivity index (χ4n) is 3.32. The van der Waals surface area contributed by atoms with Crippen LogP contribution in [0.1, 0.15) is 51.3 Å². The summed E-state index contributed by atoms with van der Waals surface area (Å²) in [5.74, 6) is 0. The maximum Gasteiger partial charge on any atom is 0.410 e. The molecule has 0 N–H and O–H groups in total. The molecule has 24 heavy (non-hydrogen) atoms. The Hall–Kier alpha value is -2.04. The van der Waals surface area contributed by atoms with Gasteiger partial charge in [-0.1, -0.05) is 6.07 Å². The molecular weight excluding hydrogens is 302 g/mol. The van der Waals surface area contributed by atoms with Crippen molar-refractivity contribution in [2.24, 2.45) is 0 Å². The zero-order valence-corrected chi connectivity index (χ0v) is 15.1. The largest absolute Gasteiger partial charge is 0.444 e. The van der Waals surface area contributed by atoms with Crippen LogP contribution in [0.15, 0.2) is 24.5 Å². The second-order valence-electron chi connectivity index (χ2n) is 7.68. The molecule has 130 valence electrons. The molecule has 0 aromatic carbocycles. The second kappa shape index (κ2) is 6.46. The molecule has 2 aromatic rings. The first-order valence-electron chi connectivity index (χ1n) is 8.76. The van der Waals surface area contributed by atoms with Crippen LogP contribution in [-0.4, -0.2) is 38.6 Å². The van der Waals surface area contributed by atoms with E-state index in [4.69, 9.17) is 9.72 Å². The van der Waals surface area contributed by atoms with E-state index in [2.05, 4.69) is 23.6 Å².